The molecule has 0 aromatic heterocycles. The molecule has 0 saturated carbocycles. The van der Waals surface area contributed by atoms with Gasteiger partial charge in [0.25, 0.3) is 0 Å². The summed E-state index contributed by atoms with van der Waals surface area (Å²) in [5, 5.41) is 0. The molecule has 106 valence electrons. The Morgan fingerprint density at radius 3 is 2.26 bits per heavy atom. The summed E-state index contributed by atoms with van der Waals surface area (Å²) in [7, 11) is 1.84. The zero-order chi connectivity index (χ0) is 14.6. The van der Waals surface area contributed by atoms with Crippen molar-refractivity contribution >= 4 is 5.91 Å². The van der Waals surface area contributed by atoms with Crippen LogP contribution in [0.2, 0.25) is 0 Å². The van der Waals surface area contributed by atoms with Crippen molar-refractivity contribution in [3.63, 3.8) is 0 Å². The van der Waals surface area contributed by atoms with Gasteiger partial charge in [-0.05, 0) is 17.9 Å². The van der Waals surface area contributed by atoms with Gasteiger partial charge >= 0.3 is 0 Å². The first kappa shape index (κ1) is 15.7. The minimum atomic E-state index is -0.120. The summed E-state index contributed by atoms with van der Waals surface area (Å²) >= 11 is 0. The number of amides is 1. The molecule has 2 unspecified atom stereocenters. The van der Waals surface area contributed by atoms with E-state index in [0.717, 1.165) is 5.56 Å². The second-order valence-corrected chi connectivity index (χ2v) is 6.27. The van der Waals surface area contributed by atoms with Gasteiger partial charge in [-0.25, -0.2) is 0 Å². The van der Waals surface area contributed by atoms with E-state index in [1.807, 2.05) is 44.3 Å². The van der Waals surface area contributed by atoms with Gasteiger partial charge in [-0.2, -0.15) is 0 Å². The predicted molar refractivity (Wildman–Crippen MR) is 79.7 cm³/mol. The summed E-state index contributed by atoms with van der Waals surface area (Å²) in [6.45, 7) is 8.22. The highest BCUT2D eigenvalue weighted by Gasteiger charge is 2.26. The second-order valence-electron chi connectivity index (χ2n) is 6.27. The van der Waals surface area contributed by atoms with Crippen LogP contribution < -0.4 is 5.73 Å². The van der Waals surface area contributed by atoms with E-state index in [1.54, 1.807) is 4.90 Å². The zero-order valence-electron chi connectivity index (χ0n) is 12.7. The maximum atomic E-state index is 12.3. The molecule has 1 aromatic carbocycles. The van der Waals surface area contributed by atoms with Gasteiger partial charge < -0.3 is 10.6 Å². The van der Waals surface area contributed by atoms with E-state index in [2.05, 4.69) is 20.8 Å². The van der Waals surface area contributed by atoms with E-state index in [4.69, 9.17) is 5.73 Å². The van der Waals surface area contributed by atoms with E-state index in [1.165, 1.54) is 0 Å². The molecule has 0 bridgehead atoms. The minimum absolute atomic E-state index is 0.0491. The molecule has 2 N–H and O–H groups in total. The van der Waals surface area contributed by atoms with Crippen LogP contribution in [0.1, 0.15) is 45.7 Å². The minimum Gasteiger partial charge on any atom is -0.339 e. The lowest BCUT2D eigenvalue weighted by Gasteiger charge is -2.31. The van der Waals surface area contributed by atoms with Gasteiger partial charge in [0.1, 0.15) is 0 Å². The molecule has 0 aliphatic carbocycles. The normalized spacial score (nSPS) is 14.8. The van der Waals surface area contributed by atoms with Crippen molar-refractivity contribution in [3.8, 4) is 0 Å². The molecular weight excluding hydrogens is 236 g/mol. The molecule has 1 rings (SSSR count). The Labute approximate surface area is 116 Å². The third-order valence-electron chi connectivity index (χ3n) is 3.76. The van der Waals surface area contributed by atoms with Gasteiger partial charge in [0.2, 0.25) is 5.91 Å². The molecule has 0 saturated heterocycles. The summed E-state index contributed by atoms with van der Waals surface area (Å²) in [4.78, 5) is 14.0. The highest BCUT2D eigenvalue weighted by atomic mass is 16.2. The van der Waals surface area contributed by atoms with Crippen molar-refractivity contribution in [2.45, 2.75) is 46.2 Å². The number of nitrogens with two attached hydrogens (primary N) is 1. The first-order valence-corrected chi connectivity index (χ1v) is 6.79. The second kappa shape index (κ2) is 6.20. The van der Waals surface area contributed by atoms with Crippen LogP contribution in [-0.4, -0.2) is 23.9 Å². The molecule has 0 fully saturated rings. The van der Waals surface area contributed by atoms with Gasteiger partial charge in [-0.3, -0.25) is 4.79 Å². The average Bonchev–Trinajstić information content (AvgIpc) is 2.36. The van der Waals surface area contributed by atoms with E-state index >= 15 is 0 Å². The topological polar surface area (TPSA) is 46.3 Å². The van der Waals surface area contributed by atoms with Crippen molar-refractivity contribution in [3.05, 3.63) is 35.9 Å². The summed E-state index contributed by atoms with van der Waals surface area (Å²) in [5.74, 6) is 0.0961. The lowest BCUT2D eigenvalue weighted by molar-refractivity contribution is -0.132. The first-order valence-electron chi connectivity index (χ1n) is 6.79. The third-order valence-corrected chi connectivity index (χ3v) is 3.76. The van der Waals surface area contributed by atoms with Crippen LogP contribution in [0.3, 0.4) is 0 Å². The summed E-state index contributed by atoms with van der Waals surface area (Å²) < 4.78 is 0. The number of benzene rings is 1. The highest BCUT2D eigenvalue weighted by molar-refractivity contribution is 5.77. The first-order chi connectivity index (χ1) is 8.73. The van der Waals surface area contributed by atoms with Gasteiger partial charge in [0, 0.05) is 19.5 Å². The van der Waals surface area contributed by atoms with Crippen LogP contribution in [0, 0.1) is 5.41 Å². The standard InChI is InChI=1S/C16H26N2O/c1-12(13-9-7-6-8-10-13)18(5)15(19)11-14(17)16(2,3)4/h6-10,12,14H,11,17H2,1-5H3. The number of carbonyl (C=O) groups is 1. The lowest BCUT2D eigenvalue weighted by Crippen LogP contribution is -2.41. The highest BCUT2D eigenvalue weighted by Crippen LogP contribution is 2.23. The van der Waals surface area contributed by atoms with Crippen LogP contribution in [0.5, 0.6) is 0 Å². The van der Waals surface area contributed by atoms with Crippen molar-refractivity contribution in [2.75, 3.05) is 7.05 Å². The Morgan fingerprint density at radius 1 is 1.26 bits per heavy atom. The average molecular weight is 262 g/mol. The molecule has 0 radical (unpaired) electrons. The number of carbonyl (C=O) groups excluding carboxylic acids is 1. The summed E-state index contributed by atoms with van der Waals surface area (Å²) in [6.07, 6.45) is 0.386. The number of rotatable bonds is 4. The Morgan fingerprint density at radius 2 is 1.79 bits per heavy atom. The van der Waals surface area contributed by atoms with E-state index in [-0.39, 0.29) is 23.4 Å². The molecule has 0 spiro atoms. The Hall–Kier alpha value is -1.35. The SMILES string of the molecule is CC(c1ccccc1)N(C)C(=O)CC(N)C(C)(C)C. The van der Waals surface area contributed by atoms with E-state index < -0.39 is 0 Å². The fourth-order valence-electron chi connectivity index (χ4n) is 1.81. The fraction of sp³-hybridized carbons (Fsp3) is 0.562. The lowest BCUT2D eigenvalue weighted by atomic mass is 9.85. The van der Waals surface area contributed by atoms with Gasteiger partial charge in [-0.15, -0.1) is 0 Å². The molecule has 3 heteroatoms. The smallest absolute Gasteiger partial charge is 0.224 e. The molecule has 0 heterocycles. The van der Waals surface area contributed by atoms with Gasteiger partial charge in [0.15, 0.2) is 0 Å². The molecule has 1 aromatic rings. The van der Waals surface area contributed by atoms with Crippen LogP contribution in [0.4, 0.5) is 0 Å². The fourth-order valence-corrected chi connectivity index (χ4v) is 1.81. The van der Waals surface area contributed by atoms with Crippen molar-refractivity contribution in [1.82, 2.24) is 4.90 Å². The monoisotopic (exact) mass is 262 g/mol. The van der Waals surface area contributed by atoms with Crippen molar-refractivity contribution in [1.29, 1.82) is 0 Å². The molecule has 0 aliphatic heterocycles. The zero-order valence-corrected chi connectivity index (χ0v) is 12.7. The Balaban J connectivity index is 2.68. The number of hydrogen-bond donors (Lipinski definition) is 1. The van der Waals surface area contributed by atoms with Crippen molar-refractivity contribution in [2.24, 2.45) is 11.1 Å². The Bertz CT molecular complexity index is 409. The molecule has 0 aliphatic rings. The number of nitrogens with zero attached hydrogens (tertiary/aromatic N) is 1. The molecule has 19 heavy (non-hydrogen) atoms. The van der Waals surface area contributed by atoms with Gasteiger partial charge in [-0.1, -0.05) is 51.1 Å². The predicted octanol–water partition coefficient (Wildman–Crippen LogP) is 2.97. The van der Waals surface area contributed by atoms with Crippen LogP contribution in [-0.2, 0) is 4.79 Å². The van der Waals surface area contributed by atoms with E-state index in [9.17, 15) is 4.79 Å². The van der Waals surface area contributed by atoms with Crippen LogP contribution >= 0.6 is 0 Å². The molecule has 3 nitrogen and oxygen atoms in total. The van der Waals surface area contributed by atoms with Crippen LogP contribution in [0.25, 0.3) is 0 Å². The third kappa shape index (κ3) is 4.35. The molecule has 1 amide bonds. The van der Waals surface area contributed by atoms with Crippen molar-refractivity contribution < 1.29 is 4.79 Å². The summed E-state index contributed by atoms with van der Waals surface area (Å²) in [6, 6.07) is 9.99. The quantitative estimate of drug-likeness (QED) is 0.906. The van der Waals surface area contributed by atoms with Crippen LogP contribution in [0.15, 0.2) is 30.3 Å². The van der Waals surface area contributed by atoms with E-state index in [0.29, 0.717) is 6.42 Å². The molecular formula is C16H26N2O. The van der Waals surface area contributed by atoms with Gasteiger partial charge in [0.05, 0.1) is 6.04 Å². The Kier molecular flexibility index (Phi) is 5.12. The molecule has 2 atom stereocenters. The maximum absolute atomic E-state index is 12.3. The number of hydrogen-bond acceptors (Lipinski definition) is 2. The maximum Gasteiger partial charge on any atom is 0.224 e. The summed E-state index contributed by atoms with van der Waals surface area (Å²) in [5.41, 5.74) is 7.17. The largest absolute Gasteiger partial charge is 0.339 e.